The second-order valence-corrected chi connectivity index (χ2v) is 6.83. The summed E-state index contributed by atoms with van der Waals surface area (Å²) in [7, 11) is 1.56. The highest BCUT2D eigenvalue weighted by Gasteiger charge is 2.16. The van der Waals surface area contributed by atoms with Crippen molar-refractivity contribution >= 4 is 17.9 Å². The van der Waals surface area contributed by atoms with E-state index in [0.29, 0.717) is 5.56 Å². The monoisotopic (exact) mass is 436 g/mol. The van der Waals surface area contributed by atoms with Gasteiger partial charge in [-0.3, -0.25) is 9.59 Å². The Hall–Kier alpha value is -4.00. The highest BCUT2D eigenvalue weighted by atomic mass is 19.3. The van der Waals surface area contributed by atoms with Gasteiger partial charge in [-0.15, -0.1) is 0 Å². The molecule has 0 saturated carbocycles. The van der Waals surface area contributed by atoms with E-state index in [1.807, 2.05) is 30.3 Å². The summed E-state index contributed by atoms with van der Waals surface area (Å²) < 4.78 is 29.2. The van der Waals surface area contributed by atoms with Crippen LogP contribution in [0.1, 0.15) is 33.1 Å². The zero-order chi connectivity index (χ0) is 22.9. The number of hydrogen-bond acceptors (Lipinski definition) is 3. The minimum Gasteiger partial charge on any atom is -0.435 e. The van der Waals surface area contributed by atoms with Crippen LogP contribution in [0.3, 0.4) is 0 Å². The second-order valence-electron chi connectivity index (χ2n) is 6.83. The molecule has 3 aromatic carbocycles. The molecule has 0 aromatic heterocycles. The number of hydrogen-bond donors (Lipinski definition) is 2. The van der Waals surface area contributed by atoms with E-state index in [9.17, 15) is 18.4 Å². The van der Waals surface area contributed by atoms with Crippen molar-refractivity contribution in [2.24, 2.45) is 0 Å². The lowest BCUT2D eigenvalue weighted by molar-refractivity contribution is -0.116. The zero-order valence-electron chi connectivity index (χ0n) is 17.3. The van der Waals surface area contributed by atoms with Crippen LogP contribution in [-0.2, 0) is 4.79 Å². The lowest BCUT2D eigenvalue weighted by atomic mass is 9.98. The number of carbonyl (C=O) groups is 2. The number of halogens is 2. The third-order valence-corrected chi connectivity index (χ3v) is 4.69. The van der Waals surface area contributed by atoms with Crippen LogP contribution in [0.4, 0.5) is 8.78 Å². The van der Waals surface area contributed by atoms with E-state index in [2.05, 4.69) is 15.4 Å². The molecular formula is C25H22F2N2O3. The predicted octanol–water partition coefficient (Wildman–Crippen LogP) is 4.57. The van der Waals surface area contributed by atoms with Gasteiger partial charge in [-0.1, -0.05) is 54.6 Å². The van der Waals surface area contributed by atoms with Crippen molar-refractivity contribution in [2.45, 2.75) is 12.7 Å². The Bertz CT molecular complexity index is 1070. The molecule has 0 aliphatic rings. The fraction of sp³-hybridized carbons (Fsp3) is 0.120. The van der Waals surface area contributed by atoms with Gasteiger partial charge in [0.2, 0.25) is 5.91 Å². The van der Waals surface area contributed by atoms with Gasteiger partial charge in [0.15, 0.2) is 0 Å². The molecule has 32 heavy (non-hydrogen) atoms. The molecule has 3 rings (SSSR count). The van der Waals surface area contributed by atoms with Crippen molar-refractivity contribution in [1.82, 2.24) is 10.6 Å². The first-order valence-electron chi connectivity index (χ1n) is 9.86. The molecule has 0 bridgehead atoms. The molecule has 0 aliphatic carbocycles. The van der Waals surface area contributed by atoms with E-state index >= 15 is 0 Å². The number of ether oxygens (including phenoxy) is 1. The van der Waals surface area contributed by atoms with E-state index in [1.54, 1.807) is 49.5 Å². The average Bonchev–Trinajstić information content (AvgIpc) is 2.82. The summed E-state index contributed by atoms with van der Waals surface area (Å²) >= 11 is 0. The Labute approximate surface area is 184 Å². The van der Waals surface area contributed by atoms with Gasteiger partial charge in [0.1, 0.15) is 5.75 Å². The van der Waals surface area contributed by atoms with E-state index < -0.39 is 12.7 Å². The van der Waals surface area contributed by atoms with E-state index in [4.69, 9.17) is 0 Å². The third kappa shape index (κ3) is 6.25. The highest BCUT2D eigenvalue weighted by Crippen LogP contribution is 2.25. The van der Waals surface area contributed by atoms with E-state index in [-0.39, 0.29) is 17.6 Å². The molecule has 7 heteroatoms. The molecule has 0 radical (unpaired) electrons. The van der Waals surface area contributed by atoms with Gasteiger partial charge in [-0.25, -0.2) is 0 Å². The molecule has 0 aliphatic heterocycles. The van der Waals surface area contributed by atoms with Crippen LogP contribution in [0.5, 0.6) is 5.75 Å². The average molecular weight is 436 g/mol. The minimum absolute atomic E-state index is 0.0435. The van der Waals surface area contributed by atoms with E-state index in [0.717, 1.165) is 16.7 Å². The van der Waals surface area contributed by atoms with Crippen LogP contribution in [-0.4, -0.2) is 25.5 Å². The van der Waals surface area contributed by atoms with Gasteiger partial charge in [0.05, 0.1) is 6.04 Å². The summed E-state index contributed by atoms with van der Waals surface area (Å²) in [6, 6.07) is 21.8. The number of benzene rings is 3. The van der Waals surface area contributed by atoms with Crippen molar-refractivity contribution in [1.29, 1.82) is 0 Å². The number of amides is 2. The topological polar surface area (TPSA) is 67.4 Å². The number of nitrogens with one attached hydrogen (secondary N) is 2. The lowest BCUT2D eigenvalue weighted by Crippen LogP contribution is -2.27. The maximum Gasteiger partial charge on any atom is 0.387 e. The standard InChI is InChI=1S/C25H22F2N2O3/c1-28-24(31)20-10-7-17(8-11-20)9-16-22(30)29-23(18-5-3-2-4-6-18)19-12-14-21(15-13-19)32-25(26)27/h2-16,23,25H,1H3,(H,28,31)(H,29,30)/b16-9+. The first-order valence-corrected chi connectivity index (χ1v) is 9.86. The first-order chi connectivity index (χ1) is 15.5. The van der Waals surface area contributed by atoms with Crippen molar-refractivity contribution in [2.75, 3.05) is 7.05 Å². The minimum atomic E-state index is -2.90. The summed E-state index contributed by atoms with van der Waals surface area (Å²) in [5, 5.41) is 5.49. The molecule has 2 amide bonds. The van der Waals surface area contributed by atoms with Crippen LogP contribution in [0.2, 0.25) is 0 Å². The van der Waals surface area contributed by atoms with Crippen molar-refractivity contribution < 1.29 is 23.1 Å². The molecule has 0 fully saturated rings. The lowest BCUT2D eigenvalue weighted by Gasteiger charge is -2.19. The van der Waals surface area contributed by atoms with Gasteiger partial charge in [-0.05, 0) is 47.0 Å². The van der Waals surface area contributed by atoms with Gasteiger partial charge in [0.25, 0.3) is 5.91 Å². The van der Waals surface area contributed by atoms with Crippen LogP contribution >= 0.6 is 0 Å². The molecule has 0 spiro atoms. The maximum absolute atomic E-state index is 12.6. The van der Waals surface area contributed by atoms with Crippen molar-refractivity contribution in [3.05, 3.63) is 107 Å². The third-order valence-electron chi connectivity index (χ3n) is 4.69. The zero-order valence-corrected chi connectivity index (χ0v) is 17.3. The molecule has 1 unspecified atom stereocenters. The summed E-state index contributed by atoms with van der Waals surface area (Å²) in [6.45, 7) is -2.90. The summed E-state index contributed by atoms with van der Waals surface area (Å²) in [5.41, 5.74) is 2.84. The highest BCUT2D eigenvalue weighted by molar-refractivity contribution is 5.95. The molecule has 5 nitrogen and oxygen atoms in total. The van der Waals surface area contributed by atoms with Crippen molar-refractivity contribution in [3.63, 3.8) is 0 Å². The molecule has 164 valence electrons. The molecule has 0 heterocycles. The molecular weight excluding hydrogens is 414 g/mol. The molecule has 3 aromatic rings. The second kappa shape index (κ2) is 10.9. The summed E-state index contributed by atoms with van der Waals surface area (Å²) in [6.07, 6.45) is 3.05. The number of alkyl halides is 2. The Morgan fingerprint density at radius 3 is 2.09 bits per heavy atom. The number of carbonyl (C=O) groups excluding carboxylic acids is 2. The summed E-state index contributed by atoms with van der Waals surface area (Å²) in [5.74, 6) is -0.474. The molecule has 1 atom stereocenters. The first kappa shape index (κ1) is 22.7. The largest absolute Gasteiger partial charge is 0.435 e. The van der Waals surface area contributed by atoms with Crippen LogP contribution in [0.25, 0.3) is 6.08 Å². The van der Waals surface area contributed by atoms with Gasteiger partial charge in [-0.2, -0.15) is 8.78 Å². The Morgan fingerprint density at radius 2 is 1.50 bits per heavy atom. The number of rotatable bonds is 8. The van der Waals surface area contributed by atoms with Crippen LogP contribution < -0.4 is 15.4 Å². The van der Waals surface area contributed by atoms with Gasteiger partial charge in [0, 0.05) is 18.7 Å². The van der Waals surface area contributed by atoms with Crippen LogP contribution in [0.15, 0.2) is 84.9 Å². The van der Waals surface area contributed by atoms with Gasteiger partial charge >= 0.3 is 6.61 Å². The Kier molecular flexibility index (Phi) is 7.70. The maximum atomic E-state index is 12.6. The Balaban J connectivity index is 1.75. The van der Waals surface area contributed by atoms with Crippen molar-refractivity contribution in [3.8, 4) is 5.75 Å². The predicted molar refractivity (Wildman–Crippen MR) is 118 cm³/mol. The quantitative estimate of drug-likeness (QED) is 0.509. The molecule has 2 N–H and O–H groups in total. The van der Waals surface area contributed by atoms with Gasteiger partial charge < -0.3 is 15.4 Å². The fourth-order valence-electron chi connectivity index (χ4n) is 3.10. The van der Waals surface area contributed by atoms with Crippen LogP contribution in [0, 0.1) is 0 Å². The smallest absolute Gasteiger partial charge is 0.387 e. The summed E-state index contributed by atoms with van der Waals surface area (Å²) in [4.78, 5) is 24.2. The van der Waals surface area contributed by atoms with E-state index in [1.165, 1.54) is 18.2 Å². The Morgan fingerprint density at radius 1 is 0.875 bits per heavy atom. The molecule has 0 saturated heterocycles. The fourth-order valence-corrected chi connectivity index (χ4v) is 3.10. The SMILES string of the molecule is CNC(=O)c1ccc(/C=C/C(=O)NC(c2ccccc2)c2ccc(OC(F)F)cc2)cc1. The normalized spacial score (nSPS) is 11.9.